The van der Waals surface area contributed by atoms with Gasteiger partial charge in [0, 0.05) is 12.2 Å². The van der Waals surface area contributed by atoms with Crippen LogP contribution in [0.1, 0.15) is 13.3 Å². The Bertz CT molecular complexity index is 371. The van der Waals surface area contributed by atoms with Crippen molar-refractivity contribution in [1.29, 1.82) is 0 Å². The second kappa shape index (κ2) is 6.33. The van der Waals surface area contributed by atoms with Gasteiger partial charge in [-0.15, -0.1) is 0 Å². The molecule has 0 aliphatic carbocycles. The van der Waals surface area contributed by atoms with Gasteiger partial charge in [-0.05, 0) is 25.1 Å². The minimum Gasteiger partial charge on any atom is -0.466 e. The van der Waals surface area contributed by atoms with Crippen molar-refractivity contribution in [3.63, 3.8) is 0 Å². The van der Waals surface area contributed by atoms with Crippen LogP contribution in [0, 0.1) is 5.82 Å². The summed E-state index contributed by atoms with van der Waals surface area (Å²) in [6.07, 6.45) is 0.267. The summed E-state index contributed by atoms with van der Waals surface area (Å²) in [6.45, 7) is 2.56. The Hall–Kier alpha value is -1.29. The van der Waals surface area contributed by atoms with Crippen LogP contribution in [0.3, 0.4) is 0 Å². The highest BCUT2D eigenvalue weighted by Crippen LogP contribution is 2.19. The van der Waals surface area contributed by atoms with Gasteiger partial charge in [-0.3, -0.25) is 4.79 Å². The van der Waals surface area contributed by atoms with Crippen molar-refractivity contribution in [2.24, 2.45) is 0 Å². The zero-order chi connectivity index (χ0) is 12.0. The van der Waals surface area contributed by atoms with E-state index in [1.807, 2.05) is 0 Å². The quantitative estimate of drug-likeness (QED) is 0.811. The Morgan fingerprint density at radius 1 is 1.56 bits per heavy atom. The highest BCUT2D eigenvalue weighted by Gasteiger charge is 2.03. The summed E-state index contributed by atoms with van der Waals surface area (Å²) in [5.41, 5.74) is 0.677. The fraction of sp³-hybridized carbons (Fsp3) is 0.364. The molecule has 0 aliphatic heterocycles. The number of nitrogens with one attached hydrogen (secondary N) is 1. The van der Waals surface area contributed by atoms with Crippen LogP contribution in [0.5, 0.6) is 0 Å². The molecule has 0 saturated heterocycles. The summed E-state index contributed by atoms with van der Waals surface area (Å²) >= 11 is 5.60. The van der Waals surface area contributed by atoms with Gasteiger partial charge in [0.05, 0.1) is 18.1 Å². The van der Waals surface area contributed by atoms with E-state index in [2.05, 4.69) is 5.32 Å². The Balaban J connectivity index is 2.37. The molecule has 0 heterocycles. The van der Waals surface area contributed by atoms with Crippen LogP contribution < -0.4 is 5.32 Å². The molecule has 5 heteroatoms. The fourth-order valence-electron chi connectivity index (χ4n) is 1.15. The van der Waals surface area contributed by atoms with Crippen molar-refractivity contribution in [2.75, 3.05) is 18.5 Å². The average Bonchev–Trinajstić information content (AvgIpc) is 2.24. The number of anilines is 1. The van der Waals surface area contributed by atoms with Gasteiger partial charge in [-0.1, -0.05) is 11.6 Å². The van der Waals surface area contributed by atoms with Crippen molar-refractivity contribution in [3.05, 3.63) is 29.0 Å². The highest BCUT2D eigenvalue weighted by molar-refractivity contribution is 6.31. The van der Waals surface area contributed by atoms with Gasteiger partial charge in [0.15, 0.2) is 0 Å². The molecule has 0 aromatic heterocycles. The van der Waals surface area contributed by atoms with Crippen LogP contribution in [-0.2, 0) is 9.53 Å². The predicted octanol–water partition coefficient (Wildman–Crippen LogP) is 2.84. The van der Waals surface area contributed by atoms with E-state index in [-0.39, 0.29) is 17.4 Å². The number of hydrogen-bond donors (Lipinski definition) is 1. The van der Waals surface area contributed by atoms with Gasteiger partial charge >= 0.3 is 5.97 Å². The van der Waals surface area contributed by atoms with Gasteiger partial charge in [0.25, 0.3) is 0 Å². The standard InChI is InChI=1S/C11H13ClFNO2/c1-2-16-11(15)5-6-14-8-3-4-10(13)9(12)7-8/h3-4,7,14H,2,5-6H2,1H3. The fourth-order valence-corrected chi connectivity index (χ4v) is 1.33. The molecule has 1 aromatic carbocycles. The van der Waals surface area contributed by atoms with E-state index in [0.717, 1.165) is 0 Å². The summed E-state index contributed by atoms with van der Waals surface area (Å²) in [4.78, 5) is 11.0. The van der Waals surface area contributed by atoms with E-state index in [0.29, 0.717) is 18.8 Å². The van der Waals surface area contributed by atoms with Gasteiger partial charge < -0.3 is 10.1 Å². The van der Waals surface area contributed by atoms with E-state index in [4.69, 9.17) is 16.3 Å². The average molecular weight is 246 g/mol. The van der Waals surface area contributed by atoms with Crippen molar-refractivity contribution in [3.8, 4) is 0 Å². The predicted molar refractivity (Wildman–Crippen MR) is 61.1 cm³/mol. The summed E-state index contributed by atoms with van der Waals surface area (Å²) < 4.78 is 17.6. The maximum atomic E-state index is 12.8. The molecular formula is C11H13ClFNO2. The van der Waals surface area contributed by atoms with Gasteiger partial charge in [-0.2, -0.15) is 0 Å². The minimum absolute atomic E-state index is 0.0566. The van der Waals surface area contributed by atoms with E-state index < -0.39 is 5.82 Å². The molecule has 88 valence electrons. The zero-order valence-corrected chi connectivity index (χ0v) is 9.68. The molecule has 3 nitrogen and oxygen atoms in total. The van der Waals surface area contributed by atoms with E-state index >= 15 is 0 Å². The summed E-state index contributed by atoms with van der Waals surface area (Å²) in [5.74, 6) is -0.721. The zero-order valence-electron chi connectivity index (χ0n) is 8.93. The molecule has 0 atom stereocenters. The van der Waals surface area contributed by atoms with Gasteiger partial charge in [0.2, 0.25) is 0 Å². The van der Waals surface area contributed by atoms with E-state index in [9.17, 15) is 9.18 Å². The van der Waals surface area contributed by atoms with Crippen LogP contribution in [0.15, 0.2) is 18.2 Å². The molecule has 0 unspecified atom stereocenters. The van der Waals surface area contributed by atoms with E-state index in [1.54, 1.807) is 13.0 Å². The van der Waals surface area contributed by atoms with Crippen molar-refractivity contribution >= 4 is 23.3 Å². The van der Waals surface area contributed by atoms with Crippen LogP contribution in [0.25, 0.3) is 0 Å². The number of benzene rings is 1. The third kappa shape index (κ3) is 4.06. The molecule has 1 N–H and O–H groups in total. The molecule has 0 amide bonds. The topological polar surface area (TPSA) is 38.3 Å². The first-order valence-corrected chi connectivity index (χ1v) is 5.36. The van der Waals surface area contributed by atoms with Crippen LogP contribution in [0.4, 0.5) is 10.1 Å². The Morgan fingerprint density at radius 3 is 2.94 bits per heavy atom. The first-order valence-electron chi connectivity index (χ1n) is 4.98. The SMILES string of the molecule is CCOC(=O)CCNc1ccc(F)c(Cl)c1. The number of rotatable bonds is 5. The van der Waals surface area contributed by atoms with Gasteiger partial charge in [-0.25, -0.2) is 4.39 Å². The molecule has 16 heavy (non-hydrogen) atoms. The molecule has 0 fully saturated rings. The lowest BCUT2D eigenvalue weighted by molar-refractivity contribution is -0.142. The number of hydrogen-bond acceptors (Lipinski definition) is 3. The second-order valence-electron chi connectivity index (χ2n) is 3.11. The van der Waals surface area contributed by atoms with E-state index in [1.165, 1.54) is 12.1 Å². The molecule has 0 radical (unpaired) electrons. The molecule has 0 aliphatic rings. The second-order valence-corrected chi connectivity index (χ2v) is 3.52. The van der Waals surface area contributed by atoms with Crippen LogP contribution in [0.2, 0.25) is 5.02 Å². The molecule has 0 saturated carbocycles. The number of carbonyl (C=O) groups is 1. The third-order valence-electron chi connectivity index (χ3n) is 1.88. The maximum absolute atomic E-state index is 12.8. The van der Waals surface area contributed by atoms with Crippen LogP contribution >= 0.6 is 11.6 Å². The first kappa shape index (κ1) is 12.8. The van der Waals surface area contributed by atoms with Crippen molar-refractivity contribution < 1.29 is 13.9 Å². The number of ether oxygens (including phenoxy) is 1. The largest absolute Gasteiger partial charge is 0.466 e. The minimum atomic E-state index is -0.461. The smallest absolute Gasteiger partial charge is 0.307 e. The Morgan fingerprint density at radius 2 is 2.31 bits per heavy atom. The molecule has 1 aromatic rings. The number of carbonyl (C=O) groups excluding carboxylic acids is 1. The van der Waals surface area contributed by atoms with Crippen molar-refractivity contribution in [1.82, 2.24) is 0 Å². The normalized spacial score (nSPS) is 9.94. The molecular weight excluding hydrogens is 233 g/mol. The lowest BCUT2D eigenvalue weighted by atomic mass is 10.3. The van der Waals surface area contributed by atoms with Crippen LogP contribution in [-0.4, -0.2) is 19.1 Å². The van der Waals surface area contributed by atoms with Crippen molar-refractivity contribution in [2.45, 2.75) is 13.3 Å². The monoisotopic (exact) mass is 245 g/mol. The molecule has 0 spiro atoms. The Labute approximate surface area is 98.5 Å². The van der Waals surface area contributed by atoms with Gasteiger partial charge in [0.1, 0.15) is 5.82 Å². The number of halogens is 2. The summed E-state index contributed by atoms with van der Waals surface area (Å²) in [6, 6.07) is 4.31. The third-order valence-corrected chi connectivity index (χ3v) is 2.17. The number of esters is 1. The lowest BCUT2D eigenvalue weighted by Crippen LogP contribution is -2.11. The highest BCUT2D eigenvalue weighted by atomic mass is 35.5. The molecule has 0 bridgehead atoms. The maximum Gasteiger partial charge on any atom is 0.307 e. The summed E-state index contributed by atoms with van der Waals surface area (Å²) in [7, 11) is 0. The Kier molecular flexibility index (Phi) is 5.05. The lowest BCUT2D eigenvalue weighted by Gasteiger charge is -2.06. The first-order chi connectivity index (χ1) is 7.63. The summed E-state index contributed by atoms with van der Waals surface area (Å²) in [5, 5.41) is 3.01. The molecule has 1 rings (SSSR count).